The molecule has 7 heteroatoms. The molecule has 0 saturated heterocycles. The zero-order valence-corrected chi connectivity index (χ0v) is 18.0. The summed E-state index contributed by atoms with van der Waals surface area (Å²) in [6, 6.07) is 15.3. The van der Waals surface area contributed by atoms with Crippen molar-refractivity contribution in [2.45, 2.75) is 57.2 Å². The highest BCUT2D eigenvalue weighted by Gasteiger charge is 2.33. The Labute approximate surface area is 183 Å². The molecule has 1 aromatic heterocycles. The zero-order chi connectivity index (χ0) is 22.7. The van der Waals surface area contributed by atoms with Crippen molar-refractivity contribution in [1.29, 1.82) is 0 Å². The molecule has 168 valence electrons. The summed E-state index contributed by atoms with van der Waals surface area (Å²) in [5, 5.41) is 13.3. The molecule has 0 saturated carbocycles. The maximum absolute atomic E-state index is 14.3. The smallest absolute Gasteiger partial charge is 0.254 e. The van der Waals surface area contributed by atoms with Crippen molar-refractivity contribution in [3.63, 3.8) is 0 Å². The number of alkyl halides is 1. The van der Waals surface area contributed by atoms with E-state index in [1.54, 1.807) is 6.20 Å². The summed E-state index contributed by atoms with van der Waals surface area (Å²) in [6.45, 7) is 1.51. The molecule has 3 atom stereocenters. The number of aliphatic hydroxyl groups excluding tert-OH is 1. The van der Waals surface area contributed by atoms with Gasteiger partial charge in [-0.3, -0.25) is 14.6 Å². The van der Waals surface area contributed by atoms with E-state index in [-0.39, 0.29) is 25.2 Å². The van der Waals surface area contributed by atoms with Crippen molar-refractivity contribution < 1.29 is 19.1 Å². The number of carbonyl (C=O) groups is 2. The van der Waals surface area contributed by atoms with E-state index < -0.39 is 23.6 Å². The molecule has 0 radical (unpaired) electrons. The van der Waals surface area contributed by atoms with Crippen LogP contribution in [0.2, 0.25) is 0 Å². The molecule has 0 fully saturated rings. The number of rotatable bonds is 13. The topological polar surface area (TPSA) is 105 Å². The van der Waals surface area contributed by atoms with Gasteiger partial charge in [0, 0.05) is 30.8 Å². The van der Waals surface area contributed by atoms with Gasteiger partial charge in [0.1, 0.15) is 0 Å². The number of nitrogens with zero attached hydrogens (tertiary/aromatic N) is 1. The largest absolute Gasteiger partial charge is 0.393 e. The number of aryl methyl sites for hydroxylation is 1. The van der Waals surface area contributed by atoms with E-state index in [0.29, 0.717) is 25.8 Å². The Bertz CT molecular complexity index is 815. The van der Waals surface area contributed by atoms with Crippen LogP contribution in [0.4, 0.5) is 4.39 Å². The van der Waals surface area contributed by atoms with Crippen LogP contribution in [-0.4, -0.2) is 40.2 Å². The Morgan fingerprint density at radius 1 is 1.13 bits per heavy atom. The maximum atomic E-state index is 14.3. The summed E-state index contributed by atoms with van der Waals surface area (Å²) in [7, 11) is 0. The first-order valence-electron chi connectivity index (χ1n) is 10.7. The highest BCUT2D eigenvalue weighted by Crippen LogP contribution is 2.24. The first-order valence-corrected chi connectivity index (χ1v) is 10.7. The fourth-order valence-corrected chi connectivity index (χ4v) is 3.35. The van der Waals surface area contributed by atoms with Gasteiger partial charge in [-0.25, -0.2) is 4.39 Å². The normalized spacial score (nSPS) is 14.9. The van der Waals surface area contributed by atoms with Gasteiger partial charge >= 0.3 is 0 Å². The van der Waals surface area contributed by atoms with Crippen molar-refractivity contribution in [2.75, 3.05) is 6.54 Å². The molecular weight excluding hydrogens is 397 g/mol. The summed E-state index contributed by atoms with van der Waals surface area (Å²) < 4.78 is 14.3. The number of hydrogen-bond donors (Lipinski definition) is 3. The monoisotopic (exact) mass is 429 g/mol. The second-order valence-corrected chi connectivity index (χ2v) is 8.07. The van der Waals surface area contributed by atoms with E-state index in [0.717, 1.165) is 18.2 Å². The standard InChI is InChI=1S/C24H32FN3O3/c1-24(25,23(26)31)14-12-19(17-21(29)11-10-18-7-3-2-4-8-18)22(30)28-16-13-20-9-5-6-15-27-20/h2-9,15,19,21,29H,10-14,16-17H2,1H3,(H2,26,31)(H,28,30)/t19-,21-,24?/m1/s1. The third kappa shape index (κ3) is 8.84. The van der Waals surface area contributed by atoms with E-state index in [1.165, 1.54) is 0 Å². The van der Waals surface area contributed by atoms with Gasteiger partial charge in [-0.15, -0.1) is 0 Å². The predicted octanol–water partition coefficient (Wildman–Crippen LogP) is 2.73. The highest BCUT2D eigenvalue weighted by atomic mass is 19.1. The van der Waals surface area contributed by atoms with Gasteiger partial charge in [-0.05, 0) is 56.7 Å². The van der Waals surface area contributed by atoms with Crippen LogP contribution in [0, 0.1) is 5.92 Å². The second kappa shape index (κ2) is 12.2. The molecule has 0 bridgehead atoms. The van der Waals surface area contributed by atoms with Gasteiger partial charge in [0.25, 0.3) is 5.91 Å². The van der Waals surface area contributed by atoms with Crippen LogP contribution in [0.5, 0.6) is 0 Å². The molecule has 2 aromatic rings. The van der Waals surface area contributed by atoms with Crippen LogP contribution in [0.15, 0.2) is 54.7 Å². The molecule has 0 aliphatic rings. The van der Waals surface area contributed by atoms with Crippen molar-refractivity contribution in [1.82, 2.24) is 10.3 Å². The summed E-state index contributed by atoms with van der Waals surface area (Å²) in [5.74, 6) is -1.94. The number of amides is 2. The highest BCUT2D eigenvalue weighted by molar-refractivity contribution is 5.83. The first-order chi connectivity index (χ1) is 14.8. The quantitative estimate of drug-likeness (QED) is 0.455. The van der Waals surface area contributed by atoms with Crippen molar-refractivity contribution >= 4 is 11.8 Å². The number of nitrogens with one attached hydrogen (secondary N) is 1. The number of halogens is 1. The first kappa shape index (κ1) is 24.5. The molecule has 4 N–H and O–H groups in total. The molecule has 2 rings (SSSR count). The number of aromatic nitrogens is 1. The Balaban J connectivity index is 1.92. The average Bonchev–Trinajstić information content (AvgIpc) is 2.76. The molecule has 1 aromatic carbocycles. The molecule has 0 aliphatic carbocycles. The van der Waals surface area contributed by atoms with Crippen LogP contribution >= 0.6 is 0 Å². The van der Waals surface area contributed by atoms with E-state index in [4.69, 9.17) is 5.73 Å². The van der Waals surface area contributed by atoms with E-state index in [2.05, 4.69) is 10.3 Å². The Kier molecular flexibility index (Phi) is 9.59. The van der Waals surface area contributed by atoms with Crippen LogP contribution in [0.3, 0.4) is 0 Å². The number of primary amides is 1. The van der Waals surface area contributed by atoms with Gasteiger partial charge in [0.15, 0.2) is 5.67 Å². The summed E-state index contributed by atoms with van der Waals surface area (Å²) in [4.78, 5) is 28.3. The SMILES string of the molecule is CC(F)(CC[C@H](C[C@H](O)CCc1ccccc1)C(=O)NCCc1ccccn1)C(N)=O. The van der Waals surface area contributed by atoms with Crippen LogP contribution in [0.25, 0.3) is 0 Å². The number of aliphatic hydroxyl groups is 1. The minimum absolute atomic E-state index is 0.119. The fourth-order valence-electron chi connectivity index (χ4n) is 3.35. The Morgan fingerprint density at radius 2 is 1.84 bits per heavy atom. The minimum Gasteiger partial charge on any atom is -0.393 e. The number of pyridine rings is 1. The summed E-state index contributed by atoms with van der Waals surface area (Å²) in [5.41, 5.74) is 4.88. The molecule has 1 unspecified atom stereocenters. The van der Waals surface area contributed by atoms with Crippen molar-refractivity contribution in [2.24, 2.45) is 11.7 Å². The summed E-state index contributed by atoms with van der Waals surface area (Å²) in [6.07, 6.45) is 2.85. The van der Waals surface area contributed by atoms with Crippen LogP contribution in [-0.2, 0) is 22.4 Å². The van der Waals surface area contributed by atoms with Crippen LogP contribution < -0.4 is 11.1 Å². The number of carbonyl (C=O) groups excluding carboxylic acids is 2. The Morgan fingerprint density at radius 3 is 2.48 bits per heavy atom. The molecule has 31 heavy (non-hydrogen) atoms. The predicted molar refractivity (Wildman–Crippen MR) is 118 cm³/mol. The number of hydrogen-bond acceptors (Lipinski definition) is 4. The fraction of sp³-hybridized carbons (Fsp3) is 0.458. The number of benzene rings is 1. The van der Waals surface area contributed by atoms with Gasteiger partial charge in [-0.2, -0.15) is 0 Å². The van der Waals surface area contributed by atoms with E-state index in [9.17, 15) is 19.1 Å². The molecule has 0 aliphatic heterocycles. The minimum atomic E-state index is -2.19. The van der Waals surface area contributed by atoms with Crippen LogP contribution in [0.1, 0.15) is 43.9 Å². The van der Waals surface area contributed by atoms with Gasteiger partial charge < -0.3 is 16.2 Å². The lowest BCUT2D eigenvalue weighted by molar-refractivity contribution is -0.131. The molecule has 2 amide bonds. The van der Waals surface area contributed by atoms with Gasteiger partial charge in [0.2, 0.25) is 5.91 Å². The molecule has 0 spiro atoms. The third-order valence-corrected chi connectivity index (χ3v) is 5.42. The second-order valence-electron chi connectivity index (χ2n) is 8.07. The molecule has 1 heterocycles. The van der Waals surface area contributed by atoms with Gasteiger partial charge in [0.05, 0.1) is 6.10 Å². The lowest BCUT2D eigenvalue weighted by Crippen LogP contribution is -2.39. The lowest BCUT2D eigenvalue weighted by atomic mass is 9.88. The lowest BCUT2D eigenvalue weighted by Gasteiger charge is -2.23. The maximum Gasteiger partial charge on any atom is 0.254 e. The third-order valence-electron chi connectivity index (χ3n) is 5.42. The van der Waals surface area contributed by atoms with E-state index in [1.807, 2.05) is 48.5 Å². The zero-order valence-electron chi connectivity index (χ0n) is 18.0. The number of nitrogens with two attached hydrogens (primary N) is 1. The molecular formula is C24H32FN3O3. The van der Waals surface area contributed by atoms with Crippen molar-refractivity contribution in [3.8, 4) is 0 Å². The Hall–Kier alpha value is -2.80. The van der Waals surface area contributed by atoms with E-state index >= 15 is 0 Å². The average molecular weight is 430 g/mol. The summed E-state index contributed by atoms with van der Waals surface area (Å²) >= 11 is 0. The molecule has 6 nitrogen and oxygen atoms in total. The van der Waals surface area contributed by atoms with Crippen molar-refractivity contribution in [3.05, 3.63) is 66.0 Å². The van der Waals surface area contributed by atoms with Gasteiger partial charge in [-0.1, -0.05) is 36.4 Å².